The molecule has 0 saturated carbocycles. The Bertz CT molecular complexity index is 842. The van der Waals surface area contributed by atoms with Gasteiger partial charge in [-0.25, -0.2) is 4.79 Å². The third kappa shape index (κ3) is 5.32. The van der Waals surface area contributed by atoms with Crippen molar-refractivity contribution >= 4 is 6.09 Å². The fourth-order valence-corrected chi connectivity index (χ4v) is 3.46. The van der Waals surface area contributed by atoms with E-state index in [-0.39, 0.29) is 6.61 Å². The molecule has 2 aromatic carbocycles. The lowest BCUT2D eigenvalue weighted by atomic mass is 10.0. The number of aliphatic hydroxyl groups is 1. The second-order valence-corrected chi connectivity index (χ2v) is 8.96. The van der Waals surface area contributed by atoms with Crippen LogP contribution in [0, 0.1) is 0 Å². The Labute approximate surface area is 178 Å². The Hall–Kier alpha value is -2.57. The minimum atomic E-state index is -0.914. The highest BCUT2D eigenvalue weighted by Crippen LogP contribution is 2.35. The molecule has 6 heteroatoms. The number of amides is 1. The van der Waals surface area contributed by atoms with Gasteiger partial charge in [0, 0.05) is 0 Å². The molecule has 1 amide bonds. The van der Waals surface area contributed by atoms with Gasteiger partial charge >= 0.3 is 6.09 Å². The van der Waals surface area contributed by atoms with Crippen molar-refractivity contribution in [3.05, 3.63) is 65.7 Å². The highest BCUT2D eigenvalue weighted by Gasteiger charge is 2.48. The molecule has 0 radical (unpaired) electrons. The monoisotopic (exact) mass is 413 g/mol. The number of hydrogen-bond donors (Lipinski definition) is 1. The van der Waals surface area contributed by atoms with Crippen LogP contribution < -0.4 is 4.74 Å². The van der Waals surface area contributed by atoms with E-state index in [1.165, 1.54) is 4.90 Å². The molecule has 0 aliphatic carbocycles. The summed E-state index contributed by atoms with van der Waals surface area (Å²) < 4.78 is 17.1. The molecular weight excluding hydrogens is 382 g/mol. The molecule has 0 bridgehead atoms. The van der Waals surface area contributed by atoms with E-state index < -0.39 is 29.6 Å². The molecule has 162 valence electrons. The van der Waals surface area contributed by atoms with Crippen molar-refractivity contribution in [1.29, 1.82) is 0 Å². The molecule has 1 aliphatic rings. The van der Waals surface area contributed by atoms with Gasteiger partial charge in [0.15, 0.2) is 0 Å². The summed E-state index contributed by atoms with van der Waals surface area (Å²) >= 11 is 0. The average molecular weight is 414 g/mol. The van der Waals surface area contributed by atoms with E-state index in [0.717, 1.165) is 5.56 Å². The van der Waals surface area contributed by atoms with Crippen LogP contribution in [0.1, 0.15) is 51.8 Å². The van der Waals surface area contributed by atoms with Crippen molar-refractivity contribution < 1.29 is 24.1 Å². The first-order valence-electron chi connectivity index (χ1n) is 10.2. The molecule has 1 saturated heterocycles. The molecule has 30 heavy (non-hydrogen) atoms. The van der Waals surface area contributed by atoms with Crippen molar-refractivity contribution in [2.24, 2.45) is 0 Å². The molecular formula is C24H31NO5. The van der Waals surface area contributed by atoms with E-state index >= 15 is 0 Å². The summed E-state index contributed by atoms with van der Waals surface area (Å²) in [7, 11) is 0. The largest absolute Gasteiger partial charge is 0.489 e. The average Bonchev–Trinajstić information content (AvgIpc) is 3.01. The van der Waals surface area contributed by atoms with Crippen molar-refractivity contribution in [2.45, 2.75) is 64.7 Å². The van der Waals surface area contributed by atoms with Gasteiger partial charge in [-0.2, -0.15) is 0 Å². The molecule has 6 nitrogen and oxygen atoms in total. The third-order valence-corrected chi connectivity index (χ3v) is 4.94. The number of nitrogens with zero attached hydrogens (tertiary/aromatic N) is 1. The van der Waals surface area contributed by atoms with E-state index in [4.69, 9.17) is 14.2 Å². The van der Waals surface area contributed by atoms with Gasteiger partial charge in [-0.3, -0.25) is 4.90 Å². The lowest BCUT2D eigenvalue weighted by molar-refractivity contribution is -0.0679. The van der Waals surface area contributed by atoms with Crippen LogP contribution in [-0.2, 0) is 16.1 Å². The maximum atomic E-state index is 12.8. The molecule has 1 aliphatic heterocycles. The van der Waals surface area contributed by atoms with Crippen LogP contribution in [0.3, 0.4) is 0 Å². The maximum absolute atomic E-state index is 12.8. The van der Waals surface area contributed by atoms with Gasteiger partial charge in [-0.15, -0.1) is 0 Å². The van der Waals surface area contributed by atoms with Crippen LogP contribution >= 0.6 is 0 Å². The molecule has 1 fully saturated rings. The zero-order valence-corrected chi connectivity index (χ0v) is 18.3. The number of rotatable bonds is 5. The first-order valence-corrected chi connectivity index (χ1v) is 10.2. The van der Waals surface area contributed by atoms with Crippen LogP contribution in [0.15, 0.2) is 54.6 Å². The normalized spacial score (nSPS) is 19.4. The van der Waals surface area contributed by atoms with Crippen LogP contribution in [0.2, 0.25) is 0 Å². The fourth-order valence-electron chi connectivity index (χ4n) is 3.46. The second-order valence-electron chi connectivity index (χ2n) is 8.96. The lowest BCUT2D eigenvalue weighted by Gasteiger charge is -2.36. The van der Waals surface area contributed by atoms with Gasteiger partial charge < -0.3 is 19.3 Å². The number of carbonyl (C=O) groups is 1. The lowest BCUT2D eigenvalue weighted by Crippen LogP contribution is -2.51. The molecule has 0 spiro atoms. The summed E-state index contributed by atoms with van der Waals surface area (Å²) in [5.74, 6) is 0.710. The van der Waals surface area contributed by atoms with Gasteiger partial charge in [0.1, 0.15) is 29.8 Å². The maximum Gasteiger partial charge on any atom is 0.413 e. The Kier molecular flexibility index (Phi) is 6.38. The summed E-state index contributed by atoms with van der Waals surface area (Å²) in [6, 6.07) is 16.6. The first-order chi connectivity index (χ1) is 14.1. The van der Waals surface area contributed by atoms with Gasteiger partial charge in [0.05, 0.1) is 12.6 Å². The summed E-state index contributed by atoms with van der Waals surface area (Å²) in [6.07, 6.45) is -1.42. The number of carbonyl (C=O) groups excluding carboxylic acids is 1. The predicted molar refractivity (Wildman–Crippen MR) is 114 cm³/mol. The van der Waals surface area contributed by atoms with E-state index in [1.54, 1.807) is 13.8 Å². The summed E-state index contributed by atoms with van der Waals surface area (Å²) in [6.45, 7) is 9.73. The number of benzene rings is 2. The summed E-state index contributed by atoms with van der Waals surface area (Å²) in [4.78, 5) is 14.3. The smallest absolute Gasteiger partial charge is 0.413 e. The Morgan fingerprint density at radius 1 is 1.17 bits per heavy atom. The number of ether oxygens (including phenoxy) is 3. The van der Waals surface area contributed by atoms with Crippen molar-refractivity contribution in [1.82, 2.24) is 4.90 Å². The van der Waals surface area contributed by atoms with Crippen LogP contribution in [0.5, 0.6) is 5.75 Å². The summed E-state index contributed by atoms with van der Waals surface area (Å²) in [5, 5.41) is 11.0. The van der Waals surface area contributed by atoms with Gasteiger partial charge in [0.2, 0.25) is 0 Å². The summed E-state index contributed by atoms with van der Waals surface area (Å²) in [5.41, 5.74) is 0.261. The van der Waals surface area contributed by atoms with E-state index in [1.807, 2.05) is 75.4 Å². The minimum Gasteiger partial charge on any atom is -0.489 e. The molecule has 2 aromatic rings. The van der Waals surface area contributed by atoms with Crippen molar-refractivity contribution in [3.63, 3.8) is 0 Å². The third-order valence-electron chi connectivity index (χ3n) is 4.94. The van der Waals surface area contributed by atoms with Gasteiger partial charge in [0.25, 0.3) is 0 Å². The quantitative estimate of drug-likeness (QED) is 0.771. The minimum absolute atomic E-state index is 0.222. The fraction of sp³-hybridized carbons (Fsp3) is 0.458. The van der Waals surface area contributed by atoms with Crippen LogP contribution in [0.25, 0.3) is 0 Å². The van der Waals surface area contributed by atoms with E-state index in [9.17, 15) is 9.90 Å². The van der Waals surface area contributed by atoms with Gasteiger partial charge in [-0.1, -0.05) is 42.5 Å². The zero-order valence-electron chi connectivity index (χ0n) is 18.3. The molecule has 3 rings (SSSR count). The van der Waals surface area contributed by atoms with E-state index in [2.05, 4.69) is 0 Å². The van der Waals surface area contributed by atoms with Crippen LogP contribution in [0.4, 0.5) is 4.79 Å². The molecule has 2 atom stereocenters. The highest BCUT2D eigenvalue weighted by molar-refractivity contribution is 5.70. The van der Waals surface area contributed by atoms with Crippen molar-refractivity contribution in [3.8, 4) is 5.75 Å². The van der Waals surface area contributed by atoms with Crippen LogP contribution in [-0.4, -0.2) is 40.1 Å². The Morgan fingerprint density at radius 2 is 1.80 bits per heavy atom. The Balaban J connectivity index is 1.69. The predicted octanol–water partition coefficient (Wildman–Crippen LogP) is 4.67. The van der Waals surface area contributed by atoms with E-state index in [0.29, 0.717) is 17.9 Å². The Morgan fingerprint density at radius 3 is 2.40 bits per heavy atom. The SMILES string of the molecule is CC(C)(C)OC(=O)N1[C@@H]([C@H](O)c2ccc(OCc3ccccc3)cc2)COC1(C)C. The van der Waals surface area contributed by atoms with Gasteiger partial charge in [-0.05, 0) is 57.9 Å². The molecule has 0 aromatic heterocycles. The van der Waals surface area contributed by atoms with Crippen molar-refractivity contribution in [2.75, 3.05) is 6.61 Å². The molecule has 1 N–H and O–H groups in total. The standard InChI is InChI=1S/C24H31NO5/c1-23(2,3)30-22(27)25-20(16-29-24(25,4)5)21(26)18-11-13-19(14-12-18)28-15-17-9-7-6-8-10-17/h6-14,20-21,26H,15-16H2,1-5H3/t20-,21-/m1/s1. The highest BCUT2D eigenvalue weighted by atomic mass is 16.6. The zero-order chi connectivity index (χ0) is 21.9. The second kappa shape index (κ2) is 8.66. The topological polar surface area (TPSA) is 68.2 Å². The first kappa shape index (κ1) is 22.1. The molecule has 1 heterocycles. The number of aliphatic hydroxyl groups excluding tert-OH is 1. The molecule has 0 unspecified atom stereocenters. The number of hydrogen-bond acceptors (Lipinski definition) is 5.